The minimum absolute atomic E-state index is 0.0952. The van der Waals surface area contributed by atoms with Gasteiger partial charge in [0, 0.05) is 18.7 Å². The third-order valence-electron chi connectivity index (χ3n) is 5.25. The number of anilines is 1. The Bertz CT molecular complexity index is 742. The normalized spacial score (nSPS) is 14.8. The number of phenols is 2. The predicted molar refractivity (Wildman–Crippen MR) is 106 cm³/mol. The number of carbonyl (C=O) groups excluding carboxylic acids is 1. The molecule has 1 aromatic carbocycles. The minimum atomic E-state index is -0.104. The maximum atomic E-state index is 13.0. The van der Waals surface area contributed by atoms with Crippen LogP contribution in [0, 0.1) is 0 Å². The lowest BCUT2D eigenvalue weighted by molar-refractivity contribution is -0.119. The van der Waals surface area contributed by atoms with Crippen LogP contribution >= 0.6 is 0 Å². The zero-order valence-corrected chi connectivity index (χ0v) is 15.7. The molecular formula is C22H28N2O3. The van der Waals surface area contributed by atoms with Gasteiger partial charge >= 0.3 is 0 Å². The summed E-state index contributed by atoms with van der Waals surface area (Å²) in [7, 11) is 0. The largest absolute Gasteiger partial charge is 0.504 e. The Labute approximate surface area is 160 Å². The molecule has 27 heavy (non-hydrogen) atoms. The van der Waals surface area contributed by atoms with Crippen molar-refractivity contribution >= 4 is 11.7 Å². The second-order valence-electron chi connectivity index (χ2n) is 7.27. The van der Waals surface area contributed by atoms with Gasteiger partial charge in [-0.25, -0.2) is 4.98 Å². The number of hydrogen-bond donors (Lipinski definition) is 2. The molecule has 2 aromatic rings. The van der Waals surface area contributed by atoms with Crippen LogP contribution < -0.4 is 4.90 Å². The number of carbonyl (C=O) groups is 1. The maximum absolute atomic E-state index is 13.0. The van der Waals surface area contributed by atoms with Gasteiger partial charge in [0.15, 0.2) is 11.5 Å². The van der Waals surface area contributed by atoms with Gasteiger partial charge in [-0.1, -0.05) is 31.4 Å². The van der Waals surface area contributed by atoms with Gasteiger partial charge in [-0.2, -0.15) is 0 Å². The second-order valence-corrected chi connectivity index (χ2v) is 7.27. The van der Waals surface area contributed by atoms with Gasteiger partial charge in [0.25, 0.3) is 0 Å². The number of pyridine rings is 1. The molecule has 2 N–H and O–H groups in total. The van der Waals surface area contributed by atoms with Crippen molar-refractivity contribution < 1.29 is 15.0 Å². The number of rotatable bonds is 7. The third kappa shape index (κ3) is 5.22. The molecule has 3 rings (SSSR count). The summed E-state index contributed by atoms with van der Waals surface area (Å²) in [5.74, 6) is 0.710. The van der Waals surface area contributed by atoms with Crippen molar-refractivity contribution in [1.82, 2.24) is 4.98 Å². The first-order chi connectivity index (χ1) is 13.1. The van der Waals surface area contributed by atoms with E-state index in [-0.39, 0.29) is 23.4 Å². The fraction of sp³-hybridized carbons (Fsp3) is 0.455. The standard InChI is InChI=1S/C22H28N2O3/c25-19-14-13-17(16-20(19)26)8-4-5-12-22(27)24(18-9-2-1-3-10-18)21-11-6-7-15-23-21/h6-7,11,13-16,18,25-26H,1-5,8-10,12H2. The highest BCUT2D eigenvalue weighted by atomic mass is 16.3. The molecule has 0 aliphatic heterocycles. The summed E-state index contributed by atoms with van der Waals surface area (Å²) < 4.78 is 0. The summed E-state index contributed by atoms with van der Waals surface area (Å²) in [6.07, 6.45) is 10.4. The molecule has 144 valence electrons. The molecule has 0 radical (unpaired) electrons. The minimum Gasteiger partial charge on any atom is -0.504 e. The molecule has 1 aliphatic rings. The molecule has 5 heteroatoms. The smallest absolute Gasteiger partial charge is 0.228 e. The highest BCUT2D eigenvalue weighted by Crippen LogP contribution is 2.28. The van der Waals surface area contributed by atoms with Crippen LogP contribution in [0.2, 0.25) is 0 Å². The lowest BCUT2D eigenvalue weighted by Gasteiger charge is -2.33. The van der Waals surface area contributed by atoms with E-state index in [4.69, 9.17) is 0 Å². The summed E-state index contributed by atoms with van der Waals surface area (Å²) >= 11 is 0. The van der Waals surface area contributed by atoms with E-state index in [1.165, 1.54) is 25.3 Å². The molecule has 1 amide bonds. The molecule has 0 atom stereocenters. The number of aryl methyl sites for hydroxylation is 1. The highest BCUT2D eigenvalue weighted by Gasteiger charge is 2.27. The maximum Gasteiger partial charge on any atom is 0.228 e. The third-order valence-corrected chi connectivity index (χ3v) is 5.25. The van der Waals surface area contributed by atoms with E-state index in [1.54, 1.807) is 18.3 Å². The van der Waals surface area contributed by atoms with Gasteiger partial charge in [-0.15, -0.1) is 0 Å². The van der Waals surface area contributed by atoms with Crippen LogP contribution in [0.1, 0.15) is 56.9 Å². The fourth-order valence-electron chi connectivity index (χ4n) is 3.80. The molecule has 0 spiro atoms. The number of unbranched alkanes of at least 4 members (excludes halogenated alkanes) is 1. The number of phenolic OH excluding ortho intramolecular Hbond substituents is 2. The van der Waals surface area contributed by atoms with Gasteiger partial charge in [0.2, 0.25) is 5.91 Å². The predicted octanol–water partition coefficient (Wildman–Crippen LogP) is 4.57. The number of amides is 1. The number of nitrogens with zero attached hydrogens (tertiary/aromatic N) is 2. The average Bonchev–Trinajstić information content (AvgIpc) is 2.70. The van der Waals surface area contributed by atoms with Crippen molar-refractivity contribution in [1.29, 1.82) is 0 Å². The van der Waals surface area contributed by atoms with E-state index in [0.717, 1.165) is 43.5 Å². The van der Waals surface area contributed by atoms with Crippen molar-refractivity contribution in [2.45, 2.75) is 63.8 Å². The van der Waals surface area contributed by atoms with Crippen LogP contribution in [0.15, 0.2) is 42.6 Å². The first kappa shape index (κ1) is 19.2. The van der Waals surface area contributed by atoms with Gasteiger partial charge in [-0.3, -0.25) is 9.69 Å². The molecule has 1 aromatic heterocycles. The zero-order valence-electron chi connectivity index (χ0n) is 15.7. The van der Waals surface area contributed by atoms with E-state index < -0.39 is 0 Å². The average molecular weight is 368 g/mol. The van der Waals surface area contributed by atoms with Crippen molar-refractivity contribution in [3.63, 3.8) is 0 Å². The molecule has 0 unspecified atom stereocenters. The molecule has 1 heterocycles. The van der Waals surface area contributed by atoms with E-state index in [0.29, 0.717) is 6.42 Å². The molecule has 1 aliphatic carbocycles. The summed E-state index contributed by atoms with van der Waals surface area (Å²) in [6, 6.07) is 10.9. The van der Waals surface area contributed by atoms with Crippen LogP contribution in [-0.2, 0) is 11.2 Å². The lowest BCUT2D eigenvalue weighted by atomic mass is 9.93. The summed E-state index contributed by atoms with van der Waals surface area (Å²) in [6.45, 7) is 0. The second kappa shape index (κ2) is 9.40. The Kier molecular flexibility index (Phi) is 6.69. The number of benzene rings is 1. The Morgan fingerprint density at radius 1 is 1.04 bits per heavy atom. The first-order valence-corrected chi connectivity index (χ1v) is 9.89. The van der Waals surface area contributed by atoms with Crippen molar-refractivity contribution in [3.8, 4) is 11.5 Å². The highest BCUT2D eigenvalue weighted by molar-refractivity contribution is 5.93. The van der Waals surface area contributed by atoms with Gasteiger partial charge in [-0.05, 0) is 61.9 Å². The topological polar surface area (TPSA) is 73.7 Å². The molecule has 1 saturated carbocycles. The summed E-state index contributed by atoms with van der Waals surface area (Å²) in [4.78, 5) is 19.3. The van der Waals surface area contributed by atoms with Gasteiger partial charge < -0.3 is 10.2 Å². The molecule has 0 saturated heterocycles. The van der Waals surface area contributed by atoms with Crippen LogP contribution in [0.4, 0.5) is 5.82 Å². The van der Waals surface area contributed by atoms with Gasteiger partial charge in [0.1, 0.15) is 5.82 Å². The van der Waals surface area contributed by atoms with E-state index in [1.807, 2.05) is 23.1 Å². The van der Waals surface area contributed by atoms with E-state index in [9.17, 15) is 15.0 Å². The van der Waals surface area contributed by atoms with Gasteiger partial charge in [0.05, 0.1) is 0 Å². The van der Waals surface area contributed by atoms with Crippen molar-refractivity contribution in [2.24, 2.45) is 0 Å². The molecule has 0 bridgehead atoms. The molecule has 1 fully saturated rings. The Morgan fingerprint density at radius 3 is 2.56 bits per heavy atom. The Morgan fingerprint density at radius 2 is 1.85 bits per heavy atom. The quantitative estimate of drug-likeness (QED) is 0.554. The van der Waals surface area contributed by atoms with Crippen LogP contribution in [0.5, 0.6) is 11.5 Å². The monoisotopic (exact) mass is 368 g/mol. The lowest BCUT2D eigenvalue weighted by Crippen LogP contribution is -2.42. The Hall–Kier alpha value is -2.56. The molecular weight excluding hydrogens is 340 g/mol. The van der Waals surface area contributed by atoms with E-state index in [2.05, 4.69) is 4.98 Å². The van der Waals surface area contributed by atoms with Crippen LogP contribution in [-0.4, -0.2) is 27.1 Å². The number of hydrogen-bond acceptors (Lipinski definition) is 4. The first-order valence-electron chi connectivity index (χ1n) is 9.89. The fourth-order valence-corrected chi connectivity index (χ4v) is 3.80. The number of aromatic hydroxyl groups is 2. The summed E-state index contributed by atoms with van der Waals surface area (Å²) in [5.41, 5.74) is 0.964. The van der Waals surface area contributed by atoms with E-state index >= 15 is 0 Å². The van der Waals surface area contributed by atoms with Crippen molar-refractivity contribution in [3.05, 3.63) is 48.2 Å². The SMILES string of the molecule is O=C(CCCCc1ccc(O)c(O)c1)N(c1ccccn1)C1CCCCC1. The van der Waals surface area contributed by atoms with Crippen LogP contribution in [0.25, 0.3) is 0 Å². The summed E-state index contributed by atoms with van der Waals surface area (Å²) in [5, 5.41) is 18.9. The van der Waals surface area contributed by atoms with Crippen molar-refractivity contribution in [2.75, 3.05) is 4.90 Å². The number of aromatic nitrogens is 1. The Balaban J connectivity index is 1.56. The van der Waals surface area contributed by atoms with Crippen LogP contribution in [0.3, 0.4) is 0 Å². The zero-order chi connectivity index (χ0) is 19.1. The molecule has 5 nitrogen and oxygen atoms in total.